The van der Waals surface area contributed by atoms with E-state index in [1.54, 1.807) is 0 Å². The zero-order valence-electron chi connectivity index (χ0n) is 11.4. The molecule has 0 aliphatic rings. The van der Waals surface area contributed by atoms with Crippen molar-refractivity contribution in [3.8, 4) is 0 Å². The van der Waals surface area contributed by atoms with Gasteiger partial charge >= 0.3 is 5.97 Å². The van der Waals surface area contributed by atoms with Gasteiger partial charge in [-0.1, -0.05) is 46.5 Å². The first kappa shape index (κ1) is 15.5. The fourth-order valence-corrected chi connectivity index (χ4v) is 1.67. The van der Waals surface area contributed by atoms with Crippen molar-refractivity contribution in [3.63, 3.8) is 0 Å². The Bertz CT molecular complexity index is 178. The normalized spacial score (nSPS) is 14.5. The van der Waals surface area contributed by atoms with Crippen molar-refractivity contribution in [2.45, 2.75) is 78.7 Å². The zero-order chi connectivity index (χ0) is 12.4. The summed E-state index contributed by atoms with van der Waals surface area (Å²) in [5.41, 5.74) is 0. The molecule has 96 valence electrons. The van der Waals surface area contributed by atoms with Crippen molar-refractivity contribution < 1.29 is 9.53 Å². The van der Waals surface area contributed by atoms with Crippen molar-refractivity contribution in [2.24, 2.45) is 5.92 Å². The van der Waals surface area contributed by atoms with Gasteiger partial charge in [0.05, 0.1) is 6.10 Å². The number of carbonyl (C=O) groups is 1. The minimum atomic E-state index is -0.0768. The molecule has 0 N–H and O–H groups in total. The second-order valence-electron chi connectivity index (χ2n) is 4.81. The predicted octanol–water partition coefficient (Wildman–Crippen LogP) is 4.32. The summed E-state index contributed by atoms with van der Waals surface area (Å²) in [6.45, 7) is 8.38. The fourth-order valence-electron chi connectivity index (χ4n) is 1.67. The molecule has 0 saturated heterocycles. The SMILES string of the molecule is CCC(=O)O[C@H](C)CCCCC[C@H](C)CC. The van der Waals surface area contributed by atoms with Crippen LogP contribution in [-0.2, 0) is 9.53 Å². The molecule has 0 aromatic heterocycles. The topological polar surface area (TPSA) is 26.3 Å². The van der Waals surface area contributed by atoms with Crippen LogP contribution in [0, 0.1) is 5.92 Å². The minimum absolute atomic E-state index is 0.0768. The molecule has 2 nitrogen and oxygen atoms in total. The van der Waals surface area contributed by atoms with Crippen molar-refractivity contribution in [1.29, 1.82) is 0 Å². The molecular weight excluding hydrogens is 200 g/mol. The number of esters is 1. The average Bonchev–Trinajstić information content (AvgIpc) is 2.27. The van der Waals surface area contributed by atoms with Gasteiger partial charge in [-0.15, -0.1) is 0 Å². The van der Waals surface area contributed by atoms with Crippen LogP contribution in [0.4, 0.5) is 0 Å². The summed E-state index contributed by atoms with van der Waals surface area (Å²) in [4.78, 5) is 11.0. The highest BCUT2D eigenvalue weighted by atomic mass is 16.5. The summed E-state index contributed by atoms with van der Waals surface area (Å²) in [6, 6.07) is 0. The number of unbranched alkanes of at least 4 members (excludes halogenated alkanes) is 2. The highest BCUT2D eigenvalue weighted by Crippen LogP contribution is 2.14. The van der Waals surface area contributed by atoms with Gasteiger partial charge < -0.3 is 4.74 Å². The Morgan fingerprint density at radius 3 is 2.25 bits per heavy atom. The lowest BCUT2D eigenvalue weighted by atomic mass is 10.00. The summed E-state index contributed by atoms with van der Waals surface area (Å²) in [7, 11) is 0. The maximum absolute atomic E-state index is 11.0. The van der Waals surface area contributed by atoms with Crippen LogP contribution < -0.4 is 0 Å². The highest BCUT2D eigenvalue weighted by molar-refractivity contribution is 5.69. The smallest absolute Gasteiger partial charge is 0.305 e. The van der Waals surface area contributed by atoms with E-state index in [0.717, 1.165) is 12.3 Å². The number of ether oxygens (including phenoxy) is 1. The lowest BCUT2D eigenvalue weighted by Gasteiger charge is -2.12. The third-order valence-corrected chi connectivity index (χ3v) is 3.13. The quantitative estimate of drug-likeness (QED) is 0.434. The Labute approximate surface area is 101 Å². The van der Waals surface area contributed by atoms with Gasteiger partial charge in [0.1, 0.15) is 0 Å². The largest absolute Gasteiger partial charge is 0.463 e. The monoisotopic (exact) mass is 228 g/mol. The van der Waals surface area contributed by atoms with Crippen LogP contribution in [0.5, 0.6) is 0 Å². The zero-order valence-corrected chi connectivity index (χ0v) is 11.4. The summed E-state index contributed by atoms with van der Waals surface area (Å²) >= 11 is 0. The average molecular weight is 228 g/mol. The van der Waals surface area contributed by atoms with Crippen LogP contribution in [0.2, 0.25) is 0 Å². The van der Waals surface area contributed by atoms with Crippen molar-refractivity contribution in [2.75, 3.05) is 0 Å². The molecule has 0 fully saturated rings. The molecule has 0 bridgehead atoms. The van der Waals surface area contributed by atoms with Crippen LogP contribution in [-0.4, -0.2) is 12.1 Å². The third kappa shape index (κ3) is 8.75. The van der Waals surface area contributed by atoms with Gasteiger partial charge in [0.15, 0.2) is 0 Å². The standard InChI is InChI=1S/C14H28O2/c1-5-12(3)10-8-7-9-11-13(4)16-14(15)6-2/h12-13H,5-11H2,1-4H3/t12-,13-/m1/s1. The molecular formula is C14H28O2. The third-order valence-electron chi connectivity index (χ3n) is 3.13. The number of hydrogen-bond acceptors (Lipinski definition) is 2. The molecule has 0 aromatic rings. The number of hydrogen-bond donors (Lipinski definition) is 0. The maximum Gasteiger partial charge on any atom is 0.305 e. The maximum atomic E-state index is 11.0. The lowest BCUT2D eigenvalue weighted by molar-refractivity contribution is -0.148. The molecule has 0 radical (unpaired) electrons. The van der Waals surface area contributed by atoms with Gasteiger partial charge in [-0.05, 0) is 25.7 Å². The summed E-state index contributed by atoms with van der Waals surface area (Å²) < 4.78 is 5.21. The van der Waals surface area contributed by atoms with E-state index in [1.807, 2.05) is 13.8 Å². The molecule has 0 amide bonds. The molecule has 2 atom stereocenters. The van der Waals surface area contributed by atoms with Gasteiger partial charge in [-0.3, -0.25) is 4.79 Å². The Morgan fingerprint density at radius 1 is 1.06 bits per heavy atom. The molecule has 0 rings (SSSR count). The molecule has 0 aliphatic carbocycles. The molecule has 0 aliphatic heterocycles. The second kappa shape index (κ2) is 9.68. The van der Waals surface area contributed by atoms with Crippen molar-refractivity contribution in [3.05, 3.63) is 0 Å². The molecule has 0 spiro atoms. The van der Waals surface area contributed by atoms with Gasteiger partial charge in [0, 0.05) is 6.42 Å². The van der Waals surface area contributed by atoms with E-state index in [4.69, 9.17) is 4.74 Å². The van der Waals surface area contributed by atoms with E-state index in [0.29, 0.717) is 6.42 Å². The van der Waals surface area contributed by atoms with Crippen molar-refractivity contribution in [1.82, 2.24) is 0 Å². The van der Waals surface area contributed by atoms with E-state index in [9.17, 15) is 4.79 Å². The van der Waals surface area contributed by atoms with Crippen molar-refractivity contribution >= 4 is 5.97 Å². The van der Waals surface area contributed by atoms with Crippen LogP contribution in [0.25, 0.3) is 0 Å². The van der Waals surface area contributed by atoms with Gasteiger partial charge in [0.25, 0.3) is 0 Å². The summed E-state index contributed by atoms with van der Waals surface area (Å²) in [6.07, 6.45) is 7.95. The molecule has 0 heterocycles. The van der Waals surface area contributed by atoms with Gasteiger partial charge in [-0.2, -0.15) is 0 Å². The Hall–Kier alpha value is -0.530. The first-order valence-corrected chi connectivity index (χ1v) is 6.79. The first-order valence-electron chi connectivity index (χ1n) is 6.79. The Kier molecular flexibility index (Phi) is 9.36. The molecule has 0 saturated carbocycles. The van der Waals surface area contributed by atoms with E-state index in [1.165, 1.54) is 32.1 Å². The molecule has 0 aromatic carbocycles. The highest BCUT2D eigenvalue weighted by Gasteiger charge is 2.07. The minimum Gasteiger partial charge on any atom is -0.463 e. The Balaban J connectivity index is 3.34. The molecule has 0 unspecified atom stereocenters. The summed E-state index contributed by atoms with van der Waals surface area (Å²) in [5.74, 6) is 0.780. The Morgan fingerprint density at radius 2 is 1.69 bits per heavy atom. The van der Waals surface area contributed by atoms with Crippen LogP contribution in [0.15, 0.2) is 0 Å². The first-order chi connectivity index (χ1) is 7.60. The summed E-state index contributed by atoms with van der Waals surface area (Å²) in [5, 5.41) is 0. The predicted molar refractivity (Wildman–Crippen MR) is 68.4 cm³/mol. The molecule has 16 heavy (non-hydrogen) atoms. The lowest BCUT2D eigenvalue weighted by Crippen LogP contribution is -2.13. The van der Waals surface area contributed by atoms with E-state index in [-0.39, 0.29) is 12.1 Å². The van der Waals surface area contributed by atoms with Gasteiger partial charge in [-0.25, -0.2) is 0 Å². The van der Waals surface area contributed by atoms with E-state index < -0.39 is 0 Å². The fraction of sp³-hybridized carbons (Fsp3) is 0.929. The van der Waals surface area contributed by atoms with Crippen LogP contribution in [0.1, 0.15) is 72.6 Å². The second-order valence-corrected chi connectivity index (χ2v) is 4.81. The van der Waals surface area contributed by atoms with Crippen LogP contribution >= 0.6 is 0 Å². The van der Waals surface area contributed by atoms with E-state index in [2.05, 4.69) is 13.8 Å². The van der Waals surface area contributed by atoms with E-state index >= 15 is 0 Å². The number of rotatable bonds is 9. The molecule has 2 heteroatoms. The van der Waals surface area contributed by atoms with Crippen LogP contribution in [0.3, 0.4) is 0 Å². The van der Waals surface area contributed by atoms with Gasteiger partial charge in [0.2, 0.25) is 0 Å². The number of carbonyl (C=O) groups excluding carboxylic acids is 1.